The van der Waals surface area contributed by atoms with Crippen LogP contribution in [-0.4, -0.2) is 30.5 Å². The number of nitrogens with zero attached hydrogens (tertiary/aromatic N) is 1. The number of allylic oxidation sites excluding steroid dienone is 2. The predicted molar refractivity (Wildman–Crippen MR) is 90.9 cm³/mol. The van der Waals surface area contributed by atoms with Crippen LogP contribution in [0, 0.1) is 5.92 Å². The fraction of sp³-hybridized carbons (Fsp3) is 0.222. The smallest absolute Gasteiger partial charge is 0.268 e. The van der Waals surface area contributed by atoms with Gasteiger partial charge in [0.2, 0.25) is 11.6 Å². The number of Topliss-reactive ketones (excluding diaryl/α,β-unsaturated/α-hetero) is 2. The van der Waals surface area contributed by atoms with Gasteiger partial charge in [0, 0.05) is 18.3 Å². The van der Waals surface area contributed by atoms with Crippen LogP contribution >= 0.6 is 0 Å². The molecule has 0 fully saturated rings. The van der Waals surface area contributed by atoms with Crippen LogP contribution in [0.2, 0.25) is 0 Å². The van der Waals surface area contributed by atoms with Crippen molar-refractivity contribution in [2.45, 2.75) is 18.2 Å². The van der Waals surface area contributed by atoms with Crippen molar-refractivity contribution in [3.8, 4) is 0 Å². The first kappa shape index (κ1) is 15.8. The van der Waals surface area contributed by atoms with Crippen molar-refractivity contribution in [3.05, 3.63) is 65.1 Å². The molecular weight excluding hydrogens is 340 g/mol. The zero-order chi connectivity index (χ0) is 17.8. The summed E-state index contributed by atoms with van der Waals surface area (Å²) in [7, 11) is -3.95. The van der Waals surface area contributed by atoms with Gasteiger partial charge in [0.05, 0.1) is 16.2 Å². The van der Waals surface area contributed by atoms with Gasteiger partial charge < -0.3 is 5.32 Å². The lowest BCUT2D eigenvalue weighted by molar-refractivity contribution is 0.0950. The van der Waals surface area contributed by atoms with Crippen LogP contribution in [-0.2, 0) is 10.0 Å². The molecule has 2 aromatic rings. The molecular formula is C18H16N2O4S. The van der Waals surface area contributed by atoms with Gasteiger partial charge in [-0.25, -0.2) is 12.4 Å². The first-order valence-electron chi connectivity index (χ1n) is 8.02. The summed E-state index contributed by atoms with van der Waals surface area (Å²) in [4.78, 5) is 25.8. The Morgan fingerprint density at radius 2 is 1.80 bits per heavy atom. The summed E-state index contributed by atoms with van der Waals surface area (Å²) >= 11 is 0. The second-order valence-electron chi connectivity index (χ2n) is 6.26. The molecule has 1 N–H and O–H groups in total. The Morgan fingerprint density at radius 1 is 1.08 bits per heavy atom. The van der Waals surface area contributed by atoms with E-state index in [9.17, 15) is 18.0 Å². The Balaban J connectivity index is 1.92. The van der Waals surface area contributed by atoms with Crippen LogP contribution in [0.1, 0.15) is 34.2 Å². The van der Waals surface area contributed by atoms with Crippen molar-refractivity contribution in [1.29, 1.82) is 0 Å². The highest BCUT2D eigenvalue weighted by Crippen LogP contribution is 2.34. The molecule has 2 heterocycles. The average Bonchev–Trinajstić information content (AvgIpc) is 3.07. The Morgan fingerprint density at radius 3 is 2.52 bits per heavy atom. The van der Waals surface area contributed by atoms with Crippen molar-refractivity contribution in [2.24, 2.45) is 5.92 Å². The van der Waals surface area contributed by atoms with E-state index in [0.29, 0.717) is 17.8 Å². The van der Waals surface area contributed by atoms with Gasteiger partial charge in [-0.3, -0.25) is 9.59 Å². The van der Waals surface area contributed by atoms with E-state index >= 15 is 0 Å². The van der Waals surface area contributed by atoms with E-state index in [1.807, 2.05) is 6.92 Å². The van der Waals surface area contributed by atoms with Gasteiger partial charge in [-0.15, -0.1) is 0 Å². The first-order chi connectivity index (χ1) is 11.9. The van der Waals surface area contributed by atoms with Gasteiger partial charge in [0.1, 0.15) is 5.69 Å². The molecule has 4 rings (SSSR count). The highest BCUT2D eigenvalue weighted by atomic mass is 32.2. The molecule has 1 aromatic heterocycles. The maximum atomic E-state index is 13.0. The topological polar surface area (TPSA) is 85.2 Å². The average molecular weight is 356 g/mol. The number of fused-ring (bicyclic) bond motifs is 1. The molecule has 0 radical (unpaired) electrons. The zero-order valence-electron chi connectivity index (χ0n) is 13.5. The molecule has 7 heteroatoms. The minimum atomic E-state index is -3.95. The van der Waals surface area contributed by atoms with E-state index in [2.05, 4.69) is 5.32 Å². The molecule has 0 spiro atoms. The summed E-state index contributed by atoms with van der Waals surface area (Å²) in [6, 6.07) is 9.28. The van der Waals surface area contributed by atoms with Crippen LogP contribution in [0.4, 0.5) is 0 Å². The third kappa shape index (κ3) is 2.19. The van der Waals surface area contributed by atoms with Crippen LogP contribution < -0.4 is 5.32 Å². The standard InChI is InChI=1S/C18H16N2O4S/c1-11-7-9-19-15-14(11)18(22)16-13(17(15)21)8-10-20(16)25(23,24)12-5-3-2-4-6-12/h2-6,8,10-11,19H,7,9H2,1H3. The first-order valence-corrected chi connectivity index (χ1v) is 9.46. The number of carbonyl (C=O) groups is 2. The molecule has 0 saturated carbocycles. The maximum absolute atomic E-state index is 13.0. The van der Waals surface area contributed by atoms with Gasteiger partial charge in [-0.05, 0) is 30.5 Å². The number of ketones is 2. The van der Waals surface area contributed by atoms with Gasteiger partial charge in [-0.1, -0.05) is 25.1 Å². The Kier molecular flexibility index (Phi) is 3.43. The molecule has 0 amide bonds. The molecule has 128 valence electrons. The molecule has 1 aliphatic heterocycles. The van der Waals surface area contributed by atoms with Gasteiger partial charge >= 0.3 is 0 Å². The van der Waals surface area contributed by atoms with Crippen molar-refractivity contribution < 1.29 is 18.0 Å². The van der Waals surface area contributed by atoms with E-state index in [1.165, 1.54) is 24.4 Å². The predicted octanol–water partition coefficient (Wildman–Crippen LogP) is 1.99. The van der Waals surface area contributed by atoms with Gasteiger partial charge in [0.25, 0.3) is 10.0 Å². The summed E-state index contributed by atoms with van der Waals surface area (Å²) in [6.07, 6.45) is 2.01. The second-order valence-corrected chi connectivity index (χ2v) is 8.07. The normalized spacial score (nSPS) is 20.1. The van der Waals surface area contributed by atoms with Crippen molar-refractivity contribution in [2.75, 3.05) is 6.54 Å². The number of benzene rings is 1. The summed E-state index contributed by atoms with van der Waals surface area (Å²) in [5.41, 5.74) is 0.756. The van der Waals surface area contributed by atoms with E-state index in [1.54, 1.807) is 18.2 Å². The van der Waals surface area contributed by atoms with Crippen molar-refractivity contribution in [3.63, 3.8) is 0 Å². The third-order valence-electron chi connectivity index (χ3n) is 4.72. The number of hydrogen-bond donors (Lipinski definition) is 1. The molecule has 1 atom stereocenters. The van der Waals surface area contributed by atoms with Crippen molar-refractivity contribution in [1.82, 2.24) is 9.29 Å². The van der Waals surface area contributed by atoms with Gasteiger partial charge in [0.15, 0.2) is 0 Å². The minimum absolute atomic E-state index is 0.0665. The van der Waals surface area contributed by atoms with E-state index in [0.717, 1.165) is 10.4 Å². The fourth-order valence-electron chi connectivity index (χ4n) is 3.43. The summed E-state index contributed by atoms with van der Waals surface area (Å²) in [5, 5.41) is 3.00. The van der Waals surface area contributed by atoms with Crippen LogP contribution in [0.15, 0.2) is 58.8 Å². The van der Waals surface area contributed by atoms with E-state index in [-0.39, 0.29) is 27.9 Å². The number of hydrogen-bond acceptors (Lipinski definition) is 5. The lowest BCUT2D eigenvalue weighted by atomic mass is 9.82. The molecule has 1 aliphatic carbocycles. The molecule has 1 aromatic carbocycles. The second kappa shape index (κ2) is 5.42. The number of aromatic nitrogens is 1. The Labute approximate surface area is 145 Å². The Bertz CT molecular complexity index is 1030. The van der Waals surface area contributed by atoms with Gasteiger partial charge in [-0.2, -0.15) is 0 Å². The maximum Gasteiger partial charge on any atom is 0.268 e. The zero-order valence-corrected chi connectivity index (χ0v) is 14.3. The molecule has 2 aliphatic rings. The monoisotopic (exact) mass is 356 g/mol. The SMILES string of the molecule is CC1CCNC2=C1C(=O)c1c(ccn1S(=O)(=O)c1ccccc1)C2=O. The molecule has 25 heavy (non-hydrogen) atoms. The summed E-state index contributed by atoms with van der Waals surface area (Å²) in [6.45, 7) is 2.50. The Hall–Kier alpha value is -2.67. The fourth-order valence-corrected chi connectivity index (χ4v) is 4.80. The van der Waals surface area contributed by atoms with E-state index in [4.69, 9.17) is 0 Å². The molecule has 1 unspecified atom stereocenters. The lowest BCUT2D eigenvalue weighted by Gasteiger charge is -2.29. The minimum Gasteiger partial charge on any atom is -0.382 e. The number of rotatable bonds is 2. The van der Waals surface area contributed by atoms with Crippen molar-refractivity contribution >= 4 is 21.6 Å². The molecule has 0 saturated heterocycles. The largest absolute Gasteiger partial charge is 0.382 e. The van der Waals surface area contributed by atoms with Crippen LogP contribution in [0.3, 0.4) is 0 Å². The number of carbonyl (C=O) groups excluding carboxylic acids is 2. The number of nitrogens with one attached hydrogen (secondary N) is 1. The molecule has 6 nitrogen and oxygen atoms in total. The highest BCUT2D eigenvalue weighted by molar-refractivity contribution is 7.90. The van der Waals surface area contributed by atoms with Crippen LogP contribution in [0.5, 0.6) is 0 Å². The summed E-state index contributed by atoms with van der Waals surface area (Å²) < 4.78 is 26.8. The van der Waals surface area contributed by atoms with E-state index < -0.39 is 15.8 Å². The van der Waals surface area contributed by atoms with Crippen LogP contribution in [0.25, 0.3) is 0 Å². The molecule has 0 bridgehead atoms. The lowest BCUT2D eigenvalue weighted by Crippen LogP contribution is -2.38. The third-order valence-corrected chi connectivity index (χ3v) is 6.41. The quantitative estimate of drug-likeness (QED) is 0.889. The summed E-state index contributed by atoms with van der Waals surface area (Å²) in [5.74, 6) is -0.810. The highest BCUT2D eigenvalue weighted by Gasteiger charge is 2.40.